The third-order valence-corrected chi connectivity index (χ3v) is 3.99. The normalized spacial score (nSPS) is 32.3. The van der Waals surface area contributed by atoms with E-state index in [0.717, 1.165) is 31.5 Å². The molecule has 0 radical (unpaired) electrons. The molecule has 94 valence electrons. The zero-order valence-corrected chi connectivity index (χ0v) is 10.9. The molecule has 0 aliphatic carbocycles. The summed E-state index contributed by atoms with van der Waals surface area (Å²) >= 11 is 0. The van der Waals surface area contributed by atoms with Crippen LogP contribution in [0.1, 0.15) is 56.5 Å². The average molecular weight is 235 g/mol. The number of ether oxygens (including phenoxy) is 1. The molecule has 0 saturated carbocycles. The van der Waals surface area contributed by atoms with Gasteiger partial charge in [-0.1, -0.05) is 0 Å². The van der Waals surface area contributed by atoms with Crippen LogP contribution in [-0.2, 0) is 4.74 Å². The summed E-state index contributed by atoms with van der Waals surface area (Å²) in [4.78, 5) is 0. The summed E-state index contributed by atoms with van der Waals surface area (Å²) < 4.78 is 8.08. The minimum atomic E-state index is 0.206. The van der Waals surface area contributed by atoms with Gasteiger partial charge in [-0.2, -0.15) is 5.10 Å². The standard InChI is InChI=1S/C13H21N3O/c1-8-6-7-14-13-10(3)12(15-16(8)13)11-5-4-9(2)17-11/h8-9,11,14H,4-7H2,1-3H3. The molecule has 4 heteroatoms. The smallest absolute Gasteiger partial charge is 0.127 e. The largest absolute Gasteiger partial charge is 0.370 e. The lowest BCUT2D eigenvalue weighted by Crippen LogP contribution is -2.21. The maximum Gasteiger partial charge on any atom is 0.127 e. The van der Waals surface area contributed by atoms with E-state index in [4.69, 9.17) is 9.84 Å². The Morgan fingerprint density at radius 2 is 2.12 bits per heavy atom. The Morgan fingerprint density at radius 1 is 1.29 bits per heavy atom. The summed E-state index contributed by atoms with van der Waals surface area (Å²) in [5, 5.41) is 8.24. The Bertz CT molecular complexity index is 427. The highest BCUT2D eigenvalue weighted by molar-refractivity contribution is 5.49. The minimum Gasteiger partial charge on any atom is -0.370 e. The summed E-state index contributed by atoms with van der Waals surface area (Å²) in [5.41, 5.74) is 2.42. The SMILES string of the molecule is Cc1c(C2CCC(C)O2)nn2c1NCCC2C. The second-order valence-corrected chi connectivity index (χ2v) is 5.38. The molecule has 1 aromatic rings. The molecule has 17 heavy (non-hydrogen) atoms. The van der Waals surface area contributed by atoms with Crippen LogP contribution in [0.15, 0.2) is 0 Å². The van der Waals surface area contributed by atoms with Crippen molar-refractivity contribution in [2.45, 2.75) is 58.3 Å². The van der Waals surface area contributed by atoms with Crippen molar-refractivity contribution in [3.8, 4) is 0 Å². The van der Waals surface area contributed by atoms with Crippen molar-refractivity contribution in [1.29, 1.82) is 0 Å². The van der Waals surface area contributed by atoms with Gasteiger partial charge in [0, 0.05) is 12.1 Å². The van der Waals surface area contributed by atoms with E-state index in [0.29, 0.717) is 12.1 Å². The van der Waals surface area contributed by atoms with Crippen LogP contribution in [0.2, 0.25) is 0 Å². The summed E-state index contributed by atoms with van der Waals surface area (Å²) in [7, 11) is 0. The van der Waals surface area contributed by atoms with Crippen molar-refractivity contribution >= 4 is 5.82 Å². The second kappa shape index (κ2) is 4.02. The van der Waals surface area contributed by atoms with Gasteiger partial charge in [0.15, 0.2) is 0 Å². The fourth-order valence-corrected chi connectivity index (χ4v) is 2.90. The molecule has 1 aromatic heterocycles. The van der Waals surface area contributed by atoms with Gasteiger partial charge in [0.05, 0.1) is 17.8 Å². The number of hydrogen-bond acceptors (Lipinski definition) is 3. The van der Waals surface area contributed by atoms with Crippen LogP contribution in [0.5, 0.6) is 0 Å². The van der Waals surface area contributed by atoms with Gasteiger partial charge in [-0.3, -0.25) is 0 Å². The Morgan fingerprint density at radius 3 is 2.76 bits per heavy atom. The van der Waals surface area contributed by atoms with Gasteiger partial charge >= 0.3 is 0 Å². The first kappa shape index (κ1) is 11.1. The lowest BCUT2D eigenvalue weighted by Gasteiger charge is -2.22. The monoisotopic (exact) mass is 235 g/mol. The van der Waals surface area contributed by atoms with E-state index in [9.17, 15) is 0 Å². The van der Waals surface area contributed by atoms with Crippen molar-refractivity contribution in [1.82, 2.24) is 9.78 Å². The van der Waals surface area contributed by atoms with Gasteiger partial charge in [-0.05, 0) is 40.0 Å². The number of rotatable bonds is 1. The van der Waals surface area contributed by atoms with Crippen LogP contribution in [0.4, 0.5) is 5.82 Å². The van der Waals surface area contributed by atoms with E-state index < -0.39 is 0 Å². The van der Waals surface area contributed by atoms with E-state index in [1.165, 1.54) is 11.4 Å². The zero-order valence-electron chi connectivity index (χ0n) is 10.9. The Balaban J connectivity index is 1.96. The Labute approximate surface area is 102 Å². The van der Waals surface area contributed by atoms with Crippen LogP contribution < -0.4 is 5.32 Å². The van der Waals surface area contributed by atoms with E-state index in [1.807, 2.05) is 0 Å². The molecule has 3 atom stereocenters. The molecule has 3 rings (SSSR count). The first-order valence-corrected chi connectivity index (χ1v) is 6.65. The van der Waals surface area contributed by atoms with E-state index in [2.05, 4.69) is 30.8 Å². The van der Waals surface area contributed by atoms with Crippen molar-refractivity contribution in [3.05, 3.63) is 11.3 Å². The molecule has 1 saturated heterocycles. The first-order chi connectivity index (χ1) is 8.16. The fourth-order valence-electron chi connectivity index (χ4n) is 2.90. The summed E-state index contributed by atoms with van der Waals surface area (Å²) in [6, 6.07) is 0.498. The predicted octanol–water partition coefficient (Wildman–Crippen LogP) is 2.81. The zero-order chi connectivity index (χ0) is 12.0. The van der Waals surface area contributed by atoms with Crippen LogP contribution in [0.25, 0.3) is 0 Å². The van der Waals surface area contributed by atoms with Gasteiger partial charge in [0.25, 0.3) is 0 Å². The molecule has 3 unspecified atom stereocenters. The third-order valence-electron chi connectivity index (χ3n) is 3.99. The average Bonchev–Trinajstić information content (AvgIpc) is 2.85. The molecule has 1 N–H and O–H groups in total. The quantitative estimate of drug-likeness (QED) is 0.813. The first-order valence-electron chi connectivity index (χ1n) is 6.65. The highest BCUT2D eigenvalue weighted by Gasteiger charge is 2.30. The molecular formula is C13H21N3O. The van der Waals surface area contributed by atoms with Crippen LogP contribution in [0, 0.1) is 6.92 Å². The molecule has 0 amide bonds. The fraction of sp³-hybridized carbons (Fsp3) is 0.769. The number of aromatic nitrogens is 2. The molecule has 3 heterocycles. The maximum atomic E-state index is 5.94. The van der Waals surface area contributed by atoms with Crippen molar-refractivity contribution in [2.24, 2.45) is 0 Å². The highest BCUT2D eigenvalue weighted by Crippen LogP contribution is 2.37. The van der Waals surface area contributed by atoms with Gasteiger partial charge in [-0.25, -0.2) is 4.68 Å². The van der Waals surface area contributed by atoms with Crippen LogP contribution >= 0.6 is 0 Å². The highest BCUT2D eigenvalue weighted by atomic mass is 16.5. The number of hydrogen-bond donors (Lipinski definition) is 1. The Hall–Kier alpha value is -1.03. The lowest BCUT2D eigenvalue weighted by molar-refractivity contribution is 0.0522. The number of nitrogens with one attached hydrogen (secondary N) is 1. The summed E-state index contributed by atoms with van der Waals surface area (Å²) in [5.74, 6) is 1.20. The van der Waals surface area contributed by atoms with Crippen molar-refractivity contribution in [2.75, 3.05) is 11.9 Å². The molecular weight excluding hydrogens is 214 g/mol. The third kappa shape index (κ3) is 1.75. The number of anilines is 1. The number of nitrogens with zero attached hydrogens (tertiary/aromatic N) is 2. The summed E-state index contributed by atoms with van der Waals surface area (Å²) in [6.45, 7) is 7.59. The molecule has 2 aliphatic heterocycles. The van der Waals surface area contributed by atoms with Crippen molar-refractivity contribution in [3.63, 3.8) is 0 Å². The second-order valence-electron chi connectivity index (χ2n) is 5.38. The topological polar surface area (TPSA) is 39.1 Å². The van der Waals surface area contributed by atoms with E-state index in [-0.39, 0.29) is 6.10 Å². The van der Waals surface area contributed by atoms with Crippen molar-refractivity contribution < 1.29 is 4.74 Å². The van der Waals surface area contributed by atoms with Gasteiger partial charge in [-0.15, -0.1) is 0 Å². The molecule has 4 nitrogen and oxygen atoms in total. The maximum absolute atomic E-state index is 5.94. The van der Waals surface area contributed by atoms with Gasteiger partial charge in [0.1, 0.15) is 11.9 Å². The number of fused-ring (bicyclic) bond motifs is 1. The molecule has 0 bridgehead atoms. The molecule has 2 aliphatic rings. The molecule has 0 spiro atoms. The van der Waals surface area contributed by atoms with Gasteiger partial charge in [0.2, 0.25) is 0 Å². The summed E-state index contributed by atoms with van der Waals surface area (Å²) in [6.07, 6.45) is 3.98. The van der Waals surface area contributed by atoms with Crippen LogP contribution in [-0.4, -0.2) is 22.4 Å². The van der Waals surface area contributed by atoms with Crippen LogP contribution in [0.3, 0.4) is 0 Å². The molecule has 0 aromatic carbocycles. The predicted molar refractivity (Wildman–Crippen MR) is 67.3 cm³/mol. The van der Waals surface area contributed by atoms with E-state index in [1.54, 1.807) is 0 Å². The molecule has 1 fully saturated rings. The lowest BCUT2D eigenvalue weighted by atomic mass is 10.1. The van der Waals surface area contributed by atoms with E-state index >= 15 is 0 Å². The minimum absolute atomic E-state index is 0.206. The van der Waals surface area contributed by atoms with Gasteiger partial charge < -0.3 is 10.1 Å². The Kier molecular flexibility index (Phi) is 2.62.